The Hall–Kier alpha value is -1.82. The molecule has 0 saturated carbocycles. The Balaban J connectivity index is 2.72. The highest BCUT2D eigenvalue weighted by molar-refractivity contribution is 9.11. The SMILES string of the molecule is C=C(Br)C[C@@H](C)[C@H](NC(=O)OCc1ccccc1)C(=O)OC(C)(C)C. The van der Waals surface area contributed by atoms with Gasteiger partial charge in [0.05, 0.1) is 0 Å². The summed E-state index contributed by atoms with van der Waals surface area (Å²) in [5.41, 5.74) is 0.226. The number of rotatable bonds is 7. The van der Waals surface area contributed by atoms with Crippen LogP contribution >= 0.6 is 15.9 Å². The van der Waals surface area contributed by atoms with Gasteiger partial charge < -0.3 is 14.8 Å². The second-order valence-electron chi connectivity index (χ2n) is 6.92. The van der Waals surface area contributed by atoms with Crippen molar-refractivity contribution in [1.82, 2.24) is 5.32 Å². The number of alkyl carbamates (subject to hydrolysis) is 1. The Morgan fingerprint density at radius 2 is 1.84 bits per heavy atom. The third-order valence-electron chi connectivity index (χ3n) is 3.26. The minimum Gasteiger partial charge on any atom is -0.458 e. The molecule has 1 aromatic carbocycles. The van der Waals surface area contributed by atoms with Gasteiger partial charge in [-0.25, -0.2) is 9.59 Å². The van der Waals surface area contributed by atoms with Crippen LogP contribution in [0.25, 0.3) is 0 Å². The molecule has 1 aromatic rings. The van der Waals surface area contributed by atoms with Crippen molar-refractivity contribution in [1.29, 1.82) is 0 Å². The maximum absolute atomic E-state index is 12.5. The first-order valence-corrected chi connectivity index (χ1v) is 8.91. The van der Waals surface area contributed by atoms with Crippen molar-refractivity contribution in [3.8, 4) is 0 Å². The number of allylic oxidation sites excluding steroid dienone is 1. The molecule has 0 saturated heterocycles. The summed E-state index contributed by atoms with van der Waals surface area (Å²) in [5.74, 6) is -0.698. The number of carbonyl (C=O) groups excluding carboxylic acids is 2. The highest BCUT2D eigenvalue weighted by Crippen LogP contribution is 2.21. The molecular formula is C19H26BrNO4. The van der Waals surface area contributed by atoms with Crippen LogP contribution in [0.2, 0.25) is 0 Å². The molecule has 0 spiro atoms. The molecule has 138 valence electrons. The molecule has 0 fully saturated rings. The average Bonchev–Trinajstić information content (AvgIpc) is 2.49. The number of hydrogen-bond donors (Lipinski definition) is 1. The standard InChI is InChI=1S/C19H26BrNO4/c1-13(11-14(2)20)16(17(22)25-19(3,4)5)21-18(23)24-12-15-9-7-6-8-10-15/h6-10,13,16H,2,11-12H2,1,3-5H3,(H,21,23)/t13-,16+/m1/s1. The third kappa shape index (κ3) is 8.72. The number of ether oxygens (including phenoxy) is 2. The fourth-order valence-corrected chi connectivity index (χ4v) is 2.67. The van der Waals surface area contributed by atoms with Gasteiger partial charge in [-0.15, -0.1) is 0 Å². The van der Waals surface area contributed by atoms with E-state index in [4.69, 9.17) is 9.47 Å². The Labute approximate surface area is 157 Å². The van der Waals surface area contributed by atoms with Gasteiger partial charge in [-0.1, -0.05) is 59.8 Å². The van der Waals surface area contributed by atoms with Crippen LogP contribution < -0.4 is 5.32 Å². The number of esters is 1. The molecule has 0 unspecified atom stereocenters. The van der Waals surface area contributed by atoms with Crippen LogP contribution in [-0.4, -0.2) is 23.7 Å². The molecule has 0 aromatic heterocycles. The average molecular weight is 412 g/mol. The van der Waals surface area contributed by atoms with E-state index in [2.05, 4.69) is 27.8 Å². The van der Waals surface area contributed by atoms with Crippen LogP contribution in [0.5, 0.6) is 0 Å². The largest absolute Gasteiger partial charge is 0.458 e. The lowest BCUT2D eigenvalue weighted by Crippen LogP contribution is -2.48. The predicted octanol–water partition coefficient (Wildman–Crippen LogP) is 4.56. The first-order chi connectivity index (χ1) is 11.6. The number of nitrogens with one attached hydrogen (secondary N) is 1. The topological polar surface area (TPSA) is 64.6 Å². The summed E-state index contributed by atoms with van der Waals surface area (Å²) in [4.78, 5) is 24.6. The second kappa shape index (κ2) is 9.61. The zero-order valence-electron chi connectivity index (χ0n) is 15.2. The van der Waals surface area contributed by atoms with E-state index >= 15 is 0 Å². The molecule has 25 heavy (non-hydrogen) atoms. The number of carbonyl (C=O) groups is 2. The fourth-order valence-electron chi connectivity index (χ4n) is 2.16. The minimum atomic E-state index is -0.822. The lowest BCUT2D eigenvalue weighted by atomic mass is 9.98. The Kier molecular flexibility index (Phi) is 8.16. The van der Waals surface area contributed by atoms with E-state index in [0.717, 1.165) is 10.0 Å². The summed E-state index contributed by atoms with van der Waals surface area (Å²) < 4.78 is 11.4. The zero-order valence-corrected chi connectivity index (χ0v) is 16.8. The lowest BCUT2D eigenvalue weighted by Gasteiger charge is -2.27. The smallest absolute Gasteiger partial charge is 0.408 e. The van der Waals surface area contributed by atoms with Gasteiger partial charge in [0.2, 0.25) is 0 Å². The van der Waals surface area contributed by atoms with Crippen LogP contribution in [-0.2, 0) is 20.9 Å². The van der Waals surface area contributed by atoms with Gasteiger partial charge in [-0.05, 0) is 43.2 Å². The van der Waals surface area contributed by atoms with Crippen molar-refractivity contribution in [3.05, 3.63) is 47.0 Å². The van der Waals surface area contributed by atoms with E-state index in [0.29, 0.717) is 6.42 Å². The Bertz CT molecular complexity index is 595. The number of hydrogen-bond acceptors (Lipinski definition) is 4. The molecule has 0 radical (unpaired) electrons. The fraction of sp³-hybridized carbons (Fsp3) is 0.474. The zero-order chi connectivity index (χ0) is 19.0. The number of halogens is 1. The van der Waals surface area contributed by atoms with Gasteiger partial charge in [-0.2, -0.15) is 0 Å². The van der Waals surface area contributed by atoms with Crippen LogP contribution in [0, 0.1) is 5.92 Å². The van der Waals surface area contributed by atoms with E-state index < -0.39 is 23.7 Å². The molecule has 0 bridgehead atoms. The minimum absolute atomic E-state index is 0.132. The molecule has 0 heterocycles. The van der Waals surface area contributed by atoms with E-state index in [-0.39, 0.29) is 12.5 Å². The lowest BCUT2D eigenvalue weighted by molar-refractivity contribution is -0.158. The van der Waals surface area contributed by atoms with Crippen molar-refractivity contribution in [2.75, 3.05) is 0 Å². The number of benzene rings is 1. The van der Waals surface area contributed by atoms with Crippen LogP contribution in [0.1, 0.15) is 39.7 Å². The number of amides is 1. The summed E-state index contributed by atoms with van der Waals surface area (Å²) in [5, 5.41) is 2.62. The molecule has 0 aliphatic heterocycles. The van der Waals surface area contributed by atoms with Crippen LogP contribution in [0.4, 0.5) is 4.79 Å². The van der Waals surface area contributed by atoms with Crippen molar-refractivity contribution in [2.24, 2.45) is 5.92 Å². The van der Waals surface area contributed by atoms with Gasteiger partial charge in [0.25, 0.3) is 0 Å². The molecule has 1 rings (SSSR count). The van der Waals surface area contributed by atoms with E-state index in [1.54, 1.807) is 20.8 Å². The van der Waals surface area contributed by atoms with E-state index in [9.17, 15) is 9.59 Å². The summed E-state index contributed by atoms with van der Waals surface area (Å²) >= 11 is 3.29. The monoisotopic (exact) mass is 411 g/mol. The van der Waals surface area contributed by atoms with E-state index in [1.165, 1.54) is 0 Å². The molecule has 2 atom stereocenters. The summed E-state index contributed by atoms with van der Waals surface area (Å²) in [6.07, 6.45) is -0.144. The second-order valence-corrected chi connectivity index (χ2v) is 8.04. The van der Waals surface area contributed by atoms with Gasteiger partial charge >= 0.3 is 12.1 Å². The highest BCUT2D eigenvalue weighted by Gasteiger charge is 2.31. The summed E-state index contributed by atoms with van der Waals surface area (Å²) in [7, 11) is 0. The highest BCUT2D eigenvalue weighted by atomic mass is 79.9. The summed E-state index contributed by atoms with van der Waals surface area (Å²) in [6, 6.07) is 8.51. The van der Waals surface area contributed by atoms with E-state index in [1.807, 2.05) is 37.3 Å². The molecule has 5 nitrogen and oxygen atoms in total. The summed E-state index contributed by atoms with van der Waals surface area (Å²) in [6.45, 7) is 11.1. The van der Waals surface area contributed by atoms with Crippen LogP contribution in [0.15, 0.2) is 41.4 Å². The first kappa shape index (κ1) is 21.2. The van der Waals surface area contributed by atoms with Crippen molar-refractivity contribution < 1.29 is 19.1 Å². The first-order valence-electron chi connectivity index (χ1n) is 8.12. The van der Waals surface area contributed by atoms with Crippen molar-refractivity contribution in [2.45, 2.75) is 52.4 Å². The Morgan fingerprint density at radius 1 is 1.24 bits per heavy atom. The Morgan fingerprint density at radius 3 is 2.36 bits per heavy atom. The molecular weight excluding hydrogens is 386 g/mol. The molecule has 0 aliphatic carbocycles. The van der Waals surface area contributed by atoms with Gasteiger partial charge in [0.15, 0.2) is 0 Å². The quantitative estimate of drug-likeness (QED) is 0.667. The van der Waals surface area contributed by atoms with Crippen molar-refractivity contribution in [3.63, 3.8) is 0 Å². The van der Waals surface area contributed by atoms with Crippen molar-refractivity contribution >= 4 is 28.0 Å². The third-order valence-corrected chi connectivity index (χ3v) is 3.58. The van der Waals surface area contributed by atoms with Gasteiger partial charge in [-0.3, -0.25) is 0 Å². The normalized spacial score (nSPS) is 13.5. The van der Waals surface area contributed by atoms with Gasteiger partial charge in [0, 0.05) is 0 Å². The predicted molar refractivity (Wildman–Crippen MR) is 101 cm³/mol. The molecule has 6 heteroatoms. The van der Waals surface area contributed by atoms with Gasteiger partial charge in [0.1, 0.15) is 18.2 Å². The maximum atomic E-state index is 12.5. The molecule has 0 aliphatic rings. The van der Waals surface area contributed by atoms with Crippen LogP contribution in [0.3, 0.4) is 0 Å². The maximum Gasteiger partial charge on any atom is 0.408 e. The molecule has 1 amide bonds. The molecule has 1 N–H and O–H groups in total.